The molecule has 3 amide bonds. The SMILES string of the molecule is Cc1cc([C@@H]2CCCCN2C(=O)CN2C(=O)OC(C)(C)C2=O)no1. The van der Waals surface area contributed by atoms with Gasteiger partial charge in [0.2, 0.25) is 5.91 Å². The van der Waals surface area contributed by atoms with Crippen LogP contribution in [0.1, 0.15) is 50.6 Å². The van der Waals surface area contributed by atoms with Gasteiger partial charge in [-0.15, -0.1) is 0 Å². The van der Waals surface area contributed by atoms with Crippen LogP contribution < -0.4 is 0 Å². The maximum Gasteiger partial charge on any atom is 0.418 e. The lowest BCUT2D eigenvalue weighted by Gasteiger charge is -2.35. The van der Waals surface area contributed by atoms with E-state index in [1.807, 2.05) is 6.07 Å². The summed E-state index contributed by atoms with van der Waals surface area (Å²) in [4.78, 5) is 39.3. The first-order valence-corrected chi connectivity index (χ1v) is 8.07. The number of hydrogen-bond acceptors (Lipinski definition) is 6. The summed E-state index contributed by atoms with van der Waals surface area (Å²) in [5.41, 5.74) is -0.516. The van der Waals surface area contributed by atoms with Gasteiger partial charge in [-0.1, -0.05) is 5.16 Å². The third-order valence-corrected chi connectivity index (χ3v) is 4.43. The van der Waals surface area contributed by atoms with Crippen LogP contribution in [0.5, 0.6) is 0 Å². The molecule has 2 fully saturated rings. The Morgan fingerprint density at radius 1 is 1.38 bits per heavy atom. The van der Waals surface area contributed by atoms with E-state index < -0.39 is 17.6 Å². The normalized spacial score (nSPS) is 23.5. The summed E-state index contributed by atoms with van der Waals surface area (Å²) in [6, 6.07) is 1.62. The summed E-state index contributed by atoms with van der Waals surface area (Å²) in [5, 5.41) is 4.02. The highest BCUT2D eigenvalue weighted by atomic mass is 16.6. The predicted octanol–water partition coefficient (Wildman–Crippen LogP) is 1.79. The number of likely N-dealkylation sites (tertiary alicyclic amines) is 1. The van der Waals surface area contributed by atoms with Crippen LogP contribution >= 0.6 is 0 Å². The number of amides is 3. The Labute approximate surface area is 139 Å². The van der Waals surface area contributed by atoms with E-state index >= 15 is 0 Å². The molecule has 0 bridgehead atoms. The molecule has 2 aliphatic heterocycles. The van der Waals surface area contributed by atoms with E-state index in [0.29, 0.717) is 18.0 Å². The monoisotopic (exact) mass is 335 g/mol. The molecule has 2 aliphatic rings. The van der Waals surface area contributed by atoms with E-state index in [1.54, 1.807) is 11.8 Å². The molecular weight excluding hydrogens is 314 g/mol. The quantitative estimate of drug-likeness (QED) is 0.836. The van der Waals surface area contributed by atoms with Gasteiger partial charge in [-0.05, 0) is 40.0 Å². The van der Waals surface area contributed by atoms with Crippen LogP contribution in [0.25, 0.3) is 0 Å². The lowest BCUT2D eigenvalue weighted by atomic mass is 9.99. The molecule has 0 spiro atoms. The number of piperidine rings is 1. The zero-order valence-corrected chi connectivity index (χ0v) is 14.1. The number of hydrogen-bond donors (Lipinski definition) is 0. The van der Waals surface area contributed by atoms with Gasteiger partial charge in [-0.2, -0.15) is 0 Å². The van der Waals surface area contributed by atoms with E-state index in [9.17, 15) is 14.4 Å². The van der Waals surface area contributed by atoms with Crippen LogP contribution in [0.2, 0.25) is 0 Å². The molecule has 0 N–H and O–H groups in total. The largest absolute Gasteiger partial charge is 0.433 e. The van der Waals surface area contributed by atoms with Crippen molar-refractivity contribution in [1.82, 2.24) is 15.0 Å². The van der Waals surface area contributed by atoms with E-state index in [-0.39, 0.29) is 18.5 Å². The standard InChI is InChI=1S/C16H21N3O5/c1-10-8-11(17-24-10)12-6-4-5-7-18(12)13(20)9-19-14(21)16(2,3)23-15(19)22/h8,12H,4-7,9H2,1-3H3/t12-/m0/s1. The van der Waals surface area contributed by atoms with E-state index in [2.05, 4.69) is 5.16 Å². The molecule has 0 aliphatic carbocycles. The van der Waals surface area contributed by atoms with Crippen LogP contribution in [0, 0.1) is 6.92 Å². The van der Waals surface area contributed by atoms with Crippen molar-refractivity contribution in [3.05, 3.63) is 17.5 Å². The fourth-order valence-electron chi connectivity index (χ4n) is 3.17. The number of carbonyl (C=O) groups excluding carboxylic acids is 3. The van der Waals surface area contributed by atoms with Crippen molar-refractivity contribution in [2.75, 3.05) is 13.1 Å². The summed E-state index contributed by atoms with van der Waals surface area (Å²) in [5.74, 6) is -0.0990. The molecular formula is C16H21N3O5. The van der Waals surface area contributed by atoms with Crippen molar-refractivity contribution in [2.45, 2.75) is 51.7 Å². The van der Waals surface area contributed by atoms with Gasteiger partial charge in [-0.25, -0.2) is 9.69 Å². The number of cyclic esters (lactones) is 1. The summed E-state index contributed by atoms with van der Waals surface area (Å²) in [6.07, 6.45) is 1.87. The maximum absolute atomic E-state index is 12.7. The second kappa shape index (κ2) is 5.92. The van der Waals surface area contributed by atoms with Gasteiger partial charge >= 0.3 is 6.09 Å². The van der Waals surface area contributed by atoms with Crippen LogP contribution in [0.15, 0.2) is 10.6 Å². The predicted molar refractivity (Wildman–Crippen MR) is 81.8 cm³/mol. The van der Waals surface area contributed by atoms with Crippen LogP contribution in [-0.2, 0) is 14.3 Å². The molecule has 3 rings (SSSR count). The van der Waals surface area contributed by atoms with Crippen LogP contribution in [0.4, 0.5) is 4.79 Å². The number of ether oxygens (including phenoxy) is 1. The summed E-state index contributed by atoms with van der Waals surface area (Å²) in [7, 11) is 0. The molecule has 3 heterocycles. The Morgan fingerprint density at radius 2 is 2.12 bits per heavy atom. The minimum absolute atomic E-state index is 0.189. The molecule has 1 aromatic heterocycles. The highest BCUT2D eigenvalue weighted by Gasteiger charge is 2.48. The molecule has 0 aromatic carbocycles. The van der Waals surface area contributed by atoms with Crippen molar-refractivity contribution in [2.24, 2.45) is 0 Å². The van der Waals surface area contributed by atoms with Crippen LogP contribution in [-0.4, -0.2) is 51.6 Å². The minimum atomic E-state index is -1.22. The fraction of sp³-hybridized carbons (Fsp3) is 0.625. The number of imide groups is 1. The van der Waals surface area contributed by atoms with Crippen molar-refractivity contribution in [3.8, 4) is 0 Å². The molecule has 1 aromatic rings. The maximum atomic E-state index is 12.7. The lowest BCUT2D eigenvalue weighted by molar-refractivity contribution is -0.142. The summed E-state index contributed by atoms with van der Waals surface area (Å²) in [6.45, 7) is 5.08. The second-order valence-electron chi connectivity index (χ2n) is 6.73. The third-order valence-electron chi connectivity index (χ3n) is 4.43. The Morgan fingerprint density at radius 3 is 2.71 bits per heavy atom. The fourth-order valence-corrected chi connectivity index (χ4v) is 3.17. The van der Waals surface area contributed by atoms with Gasteiger partial charge in [0.25, 0.3) is 5.91 Å². The Hall–Kier alpha value is -2.38. The number of aryl methyl sites for hydroxylation is 1. The van der Waals surface area contributed by atoms with Crippen molar-refractivity contribution in [1.29, 1.82) is 0 Å². The van der Waals surface area contributed by atoms with E-state index in [1.165, 1.54) is 13.8 Å². The van der Waals surface area contributed by atoms with Crippen molar-refractivity contribution >= 4 is 17.9 Å². The smallest absolute Gasteiger partial charge is 0.418 e. The molecule has 1 atom stereocenters. The average molecular weight is 335 g/mol. The molecule has 0 radical (unpaired) electrons. The first kappa shape index (κ1) is 16.5. The number of aromatic nitrogens is 1. The van der Waals surface area contributed by atoms with Gasteiger partial charge in [0.05, 0.1) is 6.04 Å². The molecule has 24 heavy (non-hydrogen) atoms. The molecule has 0 saturated carbocycles. The minimum Gasteiger partial charge on any atom is -0.433 e. The highest BCUT2D eigenvalue weighted by Crippen LogP contribution is 2.31. The molecule has 8 nitrogen and oxygen atoms in total. The van der Waals surface area contributed by atoms with Gasteiger partial charge < -0.3 is 14.2 Å². The number of nitrogens with zero attached hydrogens (tertiary/aromatic N) is 3. The third kappa shape index (κ3) is 2.88. The topological polar surface area (TPSA) is 93.0 Å². The van der Waals surface area contributed by atoms with Crippen molar-refractivity contribution in [3.63, 3.8) is 0 Å². The lowest BCUT2D eigenvalue weighted by Crippen LogP contribution is -2.47. The Bertz CT molecular complexity index is 681. The zero-order chi connectivity index (χ0) is 17.5. The zero-order valence-electron chi connectivity index (χ0n) is 14.1. The Balaban J connectivity index is 1.75. The molecule has 2 saturated heterocycles. The number of rotatable bonds is 3. The average Bonchev–Trinajstić information content (AvgIpc) is 3.04. The van der Waals surface area contributed by atoms with E-state index in [0.717, 1.165) is 24.2 Å². The molecule has 0 unspecified atom stereocenters. The second-order valence-corrected chi connectivity index (χ2v) is 6.73. The first-order valence-electron chi connectivity index (χ1n) is 8.07. The molecule has 130 valence electrons. The van der Waals surface area contributed by atoms with Gasteiger partial charge in [0.1, 0.15) is 18.0 Å². The molecule has 8 heteroatoms. The Kier molecular flexibility index (Phi) is 4.06. The summed E-state index contributed by atoms with van der Waals surface area (Å²) >= 11 is 0. The van der Waals surface area contributed by atoms with Crippen molar-refractivity contribution < 1.29 is 23.6 Å². The van der Waals surface area contributed by atoms with E-state index in [4.69, 9.17) is 9.26 Å². The first-order chi connectivity index (χ1) is 11.3. The van der Waals surface area contributed by atoms with Gasteiger partial charge in [0.15, 0.2) is 5.60 Å². The highest BCUT2D eigenvalue weighted by molar-refractivity contribution is 6.04. The van der Waals surface area contributed by atoms with Gasteiger partial charge in [-0.3, -0.25) is 9.59 Å². The summed E-state index contributed by atoms with van der Waals surface area (Å²) < 4.78 is 10.1. The van der Waals surface area contributed by atoms with Crippen LogP contribution in [0.3, 0.4) is 0 Å². The number of carbonyl (C=O) groups is 3. The van der Waals surface area contributed by atoms with Gasteiger partial charge in [0, 0.05) is 12.6 Å².